The van der Waals surface area contributed by atoms with Gasteiger partial charge in [-0.1, -0.05) is 46.3 Å². The summed E-state index contributed by atoms with van der Waals surface area (Å²) in [5, 5.41) is 0. The first-order valence-electron chi connectivity index (χ1n) is 5.15. The third-order valence-electron chi connectivity index (χ3n) is 2.26. The lowest BCUT2D eigenvalue weighted by Gasteiger charge is -1.96. The maximum absolute atomic E-state index is 4.06. The van der Waals surface area contributed by atoms with Gasteiger partial charge in [-0.15, -0.1) is 0 Å². The van der Waals surface area contributed by atoms with E-state index in [0.717, 1.165) is 16.5 Å². The molecule has 0 bridgehead atoms. The zero-order chi connectivity index (χ0) is 11.2. The Morgan fingerprint density at radius 1 is 1.12 bits per heavy atom. The van der Waals surface area contributed by atoms with Crippen LogP contribution in [0.25, 0.3) is 6.08 Å². The van der Waals surface area contributed by atoms with Gasteiger partial charge in [0.05, 0.1) is 0 Å². The van der Waals surface area contributed by atoms with Crippen LogP contribution in [-0.4, -0.2) is 4.98 Å². The molecule has 0 N–H and O–H groups in total. The number of nitrogens with zero attached hydrogens (tertiary/aromatic N) is 1. The summed E-state index contributed by atoms with van der Waals surface area (Å²) < 4.78 is 1.12. The Morgan fingerprint density at radius 3 is 2.62 bits per heavy atom. The monoisotopic (exact) mass is 273 g/mol. The van der Waals surface area contributed by atoms with Crippen molar-refractivity contribution in [1.29, 1.82) is 0 Å². The fraction of sp³-hybridized carbons (Fsp3) is 0.0714. The maximum atomic E-state index is 4.06. The summed E-state index contributed by atoms with van der Waals surface area (Å²) in [5.41, 5.74) is 2.45. The number of halogens is 1. The highest BCUT2D eigenvalue weighted by molar-refractivity contribution is 9.10. The minimum atomic E-state index is 0.947. The second kappa shape index (κ2) is 5.61. The first kappa shape index (κ1) is 11.1. The van der Waals surface area contributed by atoms with E-state index in [1.165, 1.54) is 5.56 Å². The van der Waals surface area contributed by atoms with E-state index in [4.69, 9.17) is 0 Å². The standard InChI is InChI=1S/C14H12BrN/c15-14-8-6-12(7-9-14)3-1-4-13-5-2-10-16-11-13/h1-2,4-11H,3H2. The quantitative estimate of drug-likeness (QED) is 0.821. The predicted molar refractivity (Wildman–Crippen MR) is 71.1 cm³/mol. The first-order valence-corrected chi connectivity index (χ1v) is 5.95. The first-order chi connectivity index (χ1) is 7.84. The summed E-state index contributed by atoms with van der Waals surface area (Å²) in [7, 11) is 0. The van der Waals surface area contributed by atoms with Gasteiger partial charge < -0.3 is 0 Å². The molecule has 16 heavy (non-hydrogen) atoms. The molecule has 1 heterocycles. The van der Waals surface area contributed by atoms with Gasteiger partial charge in [0.25, 0.3) is 0 Å². The van der Waals surface area contributed by atoms with Crippen LogP contribution in [0.3, 0.4) is 0 Å². The molecule has 0 aliphatic carbocycles. The Labute approximate surface area is 104 Å². The summed E-state index contributed by atoms with van der Waals surface area (Å²) in [5.74, 6) is 0. The van der Waals surface area contributed by atoms with Crippen molar-refractivity contribution in [2.45, 2.75) is 6.42 Å². The van der Waals surface area contributed by atoms with E-state index in [9.17, 15) is 0 Å². The number of allylic oxidation sites excluding steroid dienone is 1. The lowest BCUT2D eigenvalue weighted by molar-refractivity contribution is 1.27. The maximum Gasteiger partial charge on any atom is 0.0340 e. The number of aromatic nitrogens is 1. The molecule has 0 fully saturated rings. The van der Waals surface area contributed by atoms with Crippen molar-refractivity contribution in [3.8, 4) is 0 Å². The molecular formula is C14H12BrN. The Morgan fingerprint density at radius 2 is 1.94 bits per heavy atom. The average molecular weight is 274 g/mol. The second-order valence-corrected chi connectivity index (χ2v) is 4.43. The van der Waals surface area contributed by atoms with Crippen LogP contribution in [0.15, 0.2) is 59.3 Å². The zero-order valence-electron chi connectivity index (χ0n) is 8.81. The van der Waals surface area contributed by atoms with Crippen LogP contribution < -0.4 is 0 Å². The van der Waals surface area contributed by atoms with Crippen LogP contribution in [0.5, 0.6) is 0 Å². The molecule has 80 valence electrons. The molecule has 2 rings (SSSR count). The lowest BCUT2D eigenvalue weighted by Crippen LogP contribution is -1.80. The van der Waals surface area contributed by atoms with Crippen molar-refractivity contribution in [2.24, 2.45) is 0 Å². The Bertz CT molecular complexity index is 460. The van der Waals surface area contributed by atoms with Gasteiger partial charge in [0.2, 0.25) is 0 Å². The van der Waals surface area contributed by atoms with E-state index in [-0.39, 0.29) is 0 Å². The molecule has 0 saturated carbocycles. The van der Waals surface area contributed by atoms with Gasteiger partial charge in [0, 0.05) is 16.9 Å². The zero-order valence-corrected chi connectivity index (χ0v) is 10.4. The van der Waals surface area contributed by atoms with Crippen LogP contribution in [0.1, 0.15) is 11.1 Å². The average Bonchev–Trinajstić information content (AvgIpc) is 2.33. The number of hydrogen-bond donors (Lipinski definition) is 0. The minimum absolute atomic E-state index is 0.947. The highest BCUT2D eigenvalue weighted by Crippen LogP contribution is 2.11. The summed E-state index contributed by atoms with van der Waals surface area (Å²) in [6, 6.07) is 12.4. The van der Waals surface area contributed by atoms with Gasteiger partial charge in [-0.3, -0.25) is 4.98 Å². The van der Waals surface area contributed by atoms with Gasteiger partial charge >= 0.3 is 0 Å². The van der Waals surface area contributed by atoms with Crippen LogP contribution >= 0.6 is 15.9 Å². The SMILES string of the molecule is Brc1ccc(CC=Cc2cccnc2)cc1. The summed E-state index contributed by atoms with van der Waals surface area (Å²) in [6.45, 7) is 0. The van der Waals surface area contributed by atoms with Crippen molar-refractivity contribution in [3.05, 3.63) is 70.5 Å². The van der Waals surface area contributed by atoms with Crippen molar-refractivity contribution < 1.29 is 0 Å². The van der Waals surface area contributed by atoms with Crippen molar-refractivity contribution >= 4 is 22.0 Å². The van der Waals surface area contributed by atoms with Crippen LogP contribution in [-0.2, 0) is 6.42 Å². The van der Waals surface area contributed by atoms with E-state index in [0.29, 0.717) is 0 Å². The molecule has 1 aromatic heterocycles. The lowest BCUT2D eigenvalue weighted by atomic mass is 10.1. The van der Waals surface area contributed by atoms with E-state index in [1.54, 1.807) is 6.20 Å². The minimum Gasteiger partial charge on any atom is -0.264 e. The fourth-order valence-electron chi connectivity index (χ4n) is 1.43. The number of hydrogen-bond acceptors (Lipinski definition) is 1. The molecule has 2 heteroatoms. The van der Waals surface area contributed by atoms with Gasteiger partial charge in [-0.2, -0.15) is 0 Å². The second-order valence-electron chi connectivity index (χ2n) is 3.52. The topological polar surface area (TPSA) is 12.9 Å². The van der Waals surface area contributed by atoms with E-state index in [2.05, 4.69) is 57.3 Å². The Balaban J connectivity index is 1.97. The Hall–Kier alpha value is -1.41. The third kappa shape index (κ3) is 3.31. The van der Waals surface area contributed by atoms with Crippen molar-refractivity contribution in [2.75, 3.05) is 0 Å². The highest BCUT2D eigenvalue weighted by Gasteiger charge is 1.90. The smallest absolute Gasteiger partial charge is 0.0340 e. The van der Waals surface area contributed by atoms with Crippen LogP contribution in [0.4, 0.5) is 0 Å². The molecule has 0 unspecified atom stereocenters. The largest absolute Gasteiger partial charge is 0.264 e. The fourth-order valence-corrected chi connectivity index (χ4v) is 1.69. The molecule has 0 aliphatic rings. The van der Waals surface area contributed by atoms with Crippen LogP contribution in [0, 0.1) is 0 Å². The molecule has 1 aromatic carbocycles. The van der Waals surface area contributed by atoms with Crippen molar-refractivity contribution in [1.82, 2.24) is 4.98 Å². The van der Waals surface area contributed by atoms with Crippen LogP contribution in [0.2, 0.25) is 0 Å². The molecular weight excluding hydrogens is 262 g/mol. The number of rotatable bonds is 3. The van der Waals surface area contributed by atoms with Gasteiger partial charge in [0.15, 0.2) is 0 Å². The molecule has 0 radical (unpaired) electrons. The van der Waals surface area contributed by atoms with Gasteiger partial charge in [0.1, 0.15) is 0 Å². The highest BCUT2D eigenvalue weighted by atomic mass is 79.9. The van der Waals surface area contributed by atoms with E-state index in [1.807, 2.05) is 18.3 Å². The summed E-state index contributed by atoms with van der Waals surface area (Å²) in [6.07, 6.45) is 8.83. The molecule has 1 nitrogen and oxygen atoms in total. The van der Waals surface area contributed by atoms with E-state index < -0.39 is 0 Å². The normalized spacial score (nSPS) is 10.8. The number of pyridine rings is 1. The Kier molecular flexibility index (Phi) is 3.89. The number of benzene rings is 1. The molecule has 0 amide bonds. The molecule has 0 aliphatic heterocycles. The predicted octanol–water partition coefficient (Wildman–Crippen LogP) is 4.10. The van der Waals surface area contributed by atoms with Gasteiger partial charge in [-0.05, 0) is 35.7 Å². The van der Waals surface area contributed by atoms with Gasteiger partial charge in [-0.25, -0.2) is 0 Å². The van der Waals surface area contributed by atoms with Crippen molar-refractivity contribution in [3.63, 3.8) is 0 Å². The summed E-state index contributed by atoms with van der Waals surface area (Å²) in [4.78, 5) is 4.06. The molecule has 0 spiro atoms. The molecule has 0 atom stereocenters. The van der Waals surface area contributed by atoms with E-state index >= 15 is 0 Å². The molecule has 2 aromatic rings. The molecule has 0 saturated heterocycles. The third-order valence-corrected chi connectivity index (χ3v) is 2.79. The summed E-state index contributed by atoms with van der Waals surface area (Å²) >= 11 is 3.42.